The van der Waals surface area contributed by atoms with E-state index >= 15 is 0 Å². The van der Waals surface area contributed by atoms with E-state index in [1.165, 1.54) is 77.0 Å². The number of hydrogen-bond donors (Lipinski definition) is 1. The molecule has 192 valence electrons. The molecule has 6 aliphatic rings. The predicted octanol–water partition coefficient (Wildman–Crippen LogP) is 7.94. The van der Waals surface area contributed by atoms with E-state index in [4.69, 9.17) is 4.74 Å². The molecule has 1 heterocycles. The van der Waals surface area contributed by atoms with Crippen LogP contribution in [0.2, 0.25) is 0 Å². The van der Waals surface area contributed by atoms with E-state index in [1.54, 1.807) is 6.08 Å². The Hall–Kier alpha value is -0.340. The van der Waals surface area contributed by atoms with Gasteiger partial charge in [-0.05, 0) is 128 Å². The van der Waals surface area contributed by atoms with Crippen molar-refractivity contribution in [1.29, 1.82) is 0 Å². The van der Waals surface area contributed by atoms with Crippen LogP contribution >= 0.6 is 0 Å². The lowest BCUT2D eigenvalue weighted by atomic mass is 9.59. The second-order valence-corrected chi connectivity index (χ2v) is 15.4. The van der Waals surface area contributed by atoms with Crippen LogP contribution in [0.4, 0.5) is 0 Å². The predicted molar refractivity (Wildman–Crippen MR) is 139 cm³/mol. The third-order valence-electron chi connectivity index (χ3n) is 13.8. The lowest BCUT2D eigenvalue weighted by Crippen LogP contribution is -2.41. The van der Waals surface area contributed by atoms with Gasteiger partial charge < -0.3 is 9.84 Å². The summed E-state index contributed by atoms with van der Waals surface area (Å²) in [7, 11) is 0. The maximum Gasteiger partial charge on any atom is 0.0723 e. The van der Waals surface area contributed by atoms with Crippen molar-refractivity contribution in [3.63, 3.8) is 0 Å². The van der Waals surface area contributed by atoms with Crippen LogP contribution < -0.4 is 0 Å². The lowest BCUT2D eigenvalue weighted by Gasteiger charge is -2.45. The zero-order valence-corrected chi connectivity index (χ0v) is 22.9. The summed E-state index contributed by atoms with van der Waals surface area (Å²) in [4.78, 5) is 0. The minimum absolute atomic E-state index is 0.133. The minimum atomic E-state index is -0.332. The molecular formula is C32H52O2. The highest BCUT2D eigenvalue weighted by molar-refractivity contribution is 5.26. The first kappa shape index (κ1) is 24.0. The van der Waals surface area contributed by atoms with Crippen LogP contribution in [0.15, 0.2) is 12.7 Å². The van der Waals surface area contributed by atoms with Gasteiger partial charge in [0.1, 0.15) is 0 Å². The second kappa shape index (κ2) is 7.59. The van der Waals surface area contributed by atoms with Crippen molar-refractivity contribution in [3.05, 3.63) is 12.7 Å². The summed E-state index contributed by atoms with van der Waals surface area (Å²) in [5.74, 6) is 4.21. The van der Waals surface area contributed by atoms with Gasteiger partial charge in [0, 0.05) is 0 Å². The fraction of sp³-hybridized carbons (Fsp3) is 0.938. The molecule has 0 bridgehead atoms. The summed E-state index contributed by atoms with van der Waals surface area (Å²) in [6.07, 6.45) is 19.2. The molecule has 34 heavy (non-hydrogen) atoms. The van der Waals surface area contributed by atoms with Crippen molar-refractivity contribution in [2.45, 2.75) is 136 Å². The van der Waals surface area contributed by atoms with E-state index < -0.39 is 0 Å². The van der Waals surface area contributed by atoms with E-state index in [9.17, 15) is 5.11 Å². The van der Waals surface area contributed by atoms with Crippen LogP contribution in [-0.2, 0) is 4.74 Å². The number of hydrogen-bond acceptors (Lipinski definition) is 2. The van der Waals surface area contributed by atoms with E-state index in [0.717, 1.165) is 30.1 Å². The van der Waals surface area contributed by atoms with Crippen molar-refractivity contribution < 1.29 is 9.84 Å². The number of aliphatic hydroxyl groups is 1. The van der Waals surface area contributed by atoms with Crippen molar-refractivity contribution in [3.8, 4) is 0 Å². The summed E-state index contributed by atoms with van der Waals surface area (Å²) in [5, 5.41) is 10.2. The average molecular weight is 469 g/mol. The zero-order chi connectivity index (χ0) is 24.1. The van der Waals surface area contributed by atoms with Gasteiger partial charge in [0.05, 0.1) is 17.8 Å². The minimum Gasteiger partial charge on any atom is -0.389 e. The molecule has 6 rings (SSSR count). The van der Waals surface area contributed by atoms with Crippen molar-refractivity contribution in [2.75, 3.05) is 0 Å². The van der Waals surface area contributed by atoms with Gasteiger partial charge in [-0.3, -0.25) is 0 Å². The van der Waals surface area contributed by atoms with Crippen LogP contribution in [0.5, 0.6) is 0 Å². The highest BCUT2D eigenvalue weighted by Crippen LogP contribution is 2.83. The first-order valence-corrected chi connectivity index (χ1v) is 15.0. The maximum absolute atomic E-state index is 10.2. The molecule has 0 aromatic heterocycles. The van der Waals surface area contributed by atoms with E-state index in [-0.39, 0.29) is 11.7 Å². The van der Waals surface area contributed by atoms with Gasteiger partial charge in [-0.2, -0.15) is 0 Å². The molecule has 2 spiro atoms. The molecule has 5 aliphatic carbocycles. The molecule has 2 nitrogen and oxygen atoms in total. The maximum atomic E-state index is 10.2. The van der Waals surface area contributed by atoms with Gasteiger partial charge in [-0.1, -0.05) is 47.1 Å². The second-order valence-electron chi connectivity index (χ2n) is 15.4. The van der Waals surface area contributed by atoms with Gasteiger partial charge >= 0.3 is 0 Å². The molecule has 6 fully saturated rings. The third kappa shape index (κ3) is 3.12. The molecular weight excluding hydrogens is 416 g/mol. The van der Waals surface area contributed by atoms with E-state index in [2.05, 4.69) is 41.2 Å². The molecule has 0 aromatic carbocycles. The first-order valence-electron chi connectivity index (χ1n) is 15.0. The summed E-state index contributed by atoms with van der Waals surface area (Å²) in [6, 6.07) is 0. The van der Waals surface area contributed by atoms with Gasteiger partial charge in [-0.15, -0.1) is 6.58 Å². The highest BCUT2D eigenvalue weighted by Gasteiger charge is 2.77. The van der Waals surface area contributed by atoms with Gasteiger partial charge in [0.15, 0.2) is 0 Å². The molecule has 1 N–H and O–H groups in total. The lowest BCUT2D eigenvalue weighted by molar-refractivity contribution is -0.0915. The van der Waals surface area contributed by atoms with Crippen LogP contribution in [0, 0.1) is 51.2 Å². The Morgan fingerprint density at radius 2 is 1.82 bits per heavy atom. The molecule has 0 amide bonds. The van der Waals surface area contributed by atoms with Crippen molar-refractivity contribution in [1.82, 2.24) is 0 Å². The number of rotatable bonds is 4. The van der Waals surface area contributed by atoms with E-state index in [0.29, 0.717) is 33.7 Å². The topological polar surface area (TPSA) is 29.5 Å². The smallest absolute Gasteiger partial charge is 0.0723 e. The molecule has 1 aliphatic heterocycles. The molecule has 0 radical (unpaired) electrons. The standard InChI is InChI=1S/C32H52O2/c1-7-23(33)11-14-28(4)13-8-9-24-25-12-16-32(20-29(5)19-31(25,29)18-26(24)28)22(3)30(6)15-10-21(2)17-27(30)34-32/h7,21-27,33H,1,8-20H2,2-6H3/t21-,22-,23-,24?,25+,26+,27-,28-,29?,30?,31?,32+/m1/s1. The van der Waals surface area contributed by atoms with Crippen molar-refractivity contribution >= 4 is 0 Å². The summed E-state index contributed by atoms with van der Waals surface area (Å²) in [6.45, 7) is 16.7. The molecule has 0 aromatic rings. The number of aliphatic hydroxyl groups excluding tert-OH is 1. The van der Waals surface area contributed by atoms with Crippen LogP contribution in [0.25, 0.3) is 0 Å². The van der Waals surface area contributed by atoms with Gasteiger partial charge in [0.25, 0.3) is 0 Å². The third-order valence-corrected chi connectivity index (χ3v) is 13.8. The van der Waals surface area contributed by atoms with Crippen LogP contribution in [0.3, 0.4) is 0 Å². The Bertz CT molecular complexity index is 837. The highest BCUT2D eigenvalue weighted by atomic mass is 16.5. The summed E-state index contributed by atoms with van der Waals surface area (Å²) >= 11 is 0. The monoisotopic (exact) mass is 468 g/mol. The Balaban J connectivity index is 1.26. The molecule has 2 heteroatoms. The van der Waals surface area contributed by atoms with Gasteiger partial charge in [0.2, 0.25) is 0 Å². The van der Waals surface area contributed by atoms with E-state index in [1.807, 2.05) is 0 Å². The average Bonchev–Trinajstić information content (AvgIpc) is 3.16. The molecule has 5 saturated carbocycles. The fourth-order valence-corrected chi connectivity index (χ4v) is 11.4. The Morgan fingerprint density at radius 3 is 2.59 bits per heavy atom. The van der Waals surface area contributed by atoms with Crippen LogP contribution in [0.1, 0.15) is 118 Å². The number of ether oxygens (including phenoxy) is 1. The molecule has 1 saturated heterocycles. The zero-order valence-electron chi connectivity index (χ0n) is 22.9. The Kier molecular flexibility index (Phi) is 5.37. The largest absolute Gasteiger partial charge is 0.389 e. The van der Waals surface area contributed by atoms with Gasteiger partial charge in [-0.25, -0.2) is 0 Å². The summed E-state index contributed by atoms with van der Waals surface area (Å²) in [5.41, 5.74) is 2.00. The number of fused-ring (bicyclic) bond motifs is 3. The van der Waals surface area contributed by atoms with Crippen LogP contribution in [-0.4, -0.2) is 22.9 Å². The quantitative estimate of drug-likeness (QED) is 0.424. The SMILES string of the molecule is C=C[C@@H](O)CC[C@@]1(C)CCCC2[C@@H]3CC[C@@]4(CC5(C)CC35C[C@@H]21)O[C@@H]1C[C@H](C)CCC1(C)[C@H]4C. The first-order chi connectivity index (χ1) is 16.0. The Morgan fingerprint density at radius 1 is 1.03 bits per heavy atom. The normalized spacial score (nSPS) is 58.9. The summed E-state index contributed by atoms with van der Waals surface area (Å²) < 4.78 is 7.30. The van der Waals surface area contributed by atoms with Crippen molar-refractivity contribution in [2.24, 2.45) is 51.2 Å². The molecule has 12 atom stereocenters. The molecule has 4 unspecified atom stereocenters. The fourth-order valence-electron chi connectivity index (χ4n) is 11.4. The Labute approximate surface area is 209 Å².